The Morgan fingerprint density at radius 3 is 2.59 bits per heavy atom. The van der Waals surface area contributed by atoms with E-state index in [1.54, 1.807) is 6.92 Å². The zero-order valence-corrected chi connectivity index (χ0v) is 9.42. The number of rotatable bonds is 2. The molecule has 0 aliphatic rings. The fourth-order valence-corrected chi connectivity index (χ4v) is 1.39. The average molecular weight is 262 g/mol. The average Bonchev–Trinajstić information content (AvgIpc) is 2.72. The van der Waals surface area contributed by atoms with Crippen molar-refractivity contribution in [1.82, 2.24) is 15.0 Å². The maximum absolute atomic E-state index is 13.4. The molecule has 0 radical (unpaired) electrons. The van der Waals surface area contributed by atoms with Crippen LogP contribution in [0.5, 0.6) is 0 Å². The molecule has 0 aliphatic heterocycles. The lowest BCUT2D eigenvalue weighted by molar-refractivity contribution is 0.487. The lowest BCUT2D eigenvalue weighted by Gasteiger charge is -2.03. The summed E-state index contributed by atoms with van der Waals surface area (Å²) in [5.41, 5.74) is 0.0364. The molecule has 1 heterocycles. The molecule has 7 heteroatoms. The first kappa shape index (κ1) is 11.9. The first-order chi connectivity index (χ1) is 7.99. The highest BCUT2D eigenvalue weighted by Crippen LogP contribution is 2.20. The smallest absolute Gasteiger partial charge is 0.184 e. The van der Waals surface area contributed by atoms with Gasteiger partial charge in [0.2, 0.25) is 0 Å². The molecule has 0 amide bonds. The van der Waals surface area contributed by atoms with E-state index in [9.17, 15) is 13.2 Å². The zero-order valence-electron chi connectivity index (χ0n) is 8.66. The maximum Gasteiger partial charge on any atom is 0.184 e. The number of alkyl halides is 1. The van der Waals surface area contributed by atoms with Crippen molar-refractivity contribution >= 4 is 11.6 Å². The Morgan fingerprint density at radius 1 is 1.29 bits per heavy atom. The third-order valence-electron chi connectivity index (χ3n) is 2.14. The van der Waals surface area contributed by atoms with E-state index in [2.05, 4.69) is 10.3 Å². The third-order valence-corrected chi connectivity index (χ3v) is 2.36. The molecular weight excluding hydrogens is 255 g/mol. The second kappa shape index (κ2) is 4.37. The normalized spacial score (nSPS) is 12.8. The number of halogens is 4. The molecule has 0 N–H and O–H groups in total. The third kappa shape index (κ3) is 2.26. The SMILES string of the molecule is CC(Cl)c1cn(-c2cc(F)cc(F)c2F)nn1. The first-order valence-electron chi connectivity index (χ1n) is 4.70. The van der Waals surface area contributed by atoms with Crippen molar-refractivity contribution in [3.05, 3.63) is 41.5 Å². The molecule has 17 heavy (non-hydrogen) atoms. The summed E-state index contributed by atoms with van der Waals surface area (Å²) in [6.45, 7) is 1.65. The van der Waals surface area contributed by atoms with Crippen molar-refractivity contribution in [2.75, 3.05) is 0 Å². The Hall–Kier alpha value is -1.56. The van der Waals surface area contributed by atoms with Gasteiger partial charge in [-0.2, -0.15) is 0 Å². The van der Waals surface area contributed by atoms with Crippen molar-refractivity contribution in [2.45, 2.75) is 12.3 Å². The van der Waals surface area contributed by atoms with Crippen LogP contribution in [0.15, 0.2) is 18.3 Å². The van der Waals surface area contributed by atoms with Crippen LogP contribution in [0.3, 0.4) is 0 Å². The van der Waals surface area contributed by atoms with E-state index in [1.165, 1.54) is 6.20 Å². The second-order valence-electron chi connectivity index (χ2n) is 3.42. The van der Waals surface area contributed by atoms with E-state index < -0.39 is 22.8 Å². The molecule has 0 bridgehead atoms. The van der Waals surface area contributed by atoms with Crippen LogP contribution < -0.4 is 0 Å². The van der Waals surface area contributed by atoms with Gasteiger partial charge >= 0.3 is 0 Å². The lowest BCUT2D eigenvalue weighted by atomic mass is 10.3. The monoisotopic (exact) mass is 261 g/mol. The summed E-state index contributed by atoms with van der Waals surface area (Å²) < 4.78 is 40.3. The number of hydrogen-bond acceptors (Lipinski definition) is 2. The topological polar surface area (TPSA) is 30.7 Å². The molecule has 2 aromatic rings. The quantitative estimate of drug-likeness (QED) is 0.615. The Labute approximate surface area is 99.8 Å². The lowest BCUT2D eigenvalue weighted by Crippen LogP contribution is -2.02. The van der Waals surface area contributed by atoms with E-state index in [1.807, 2.05) is 0 Å². The van der Waals surface area contributed by atoms with Crippen molar-refractivity contribution < 1.29 is 13.2 Å². The molecule has 2 rings (SSSR count). The van der Waals surface area contributed by atoms with Crippen molar-refractivity contribution in [2.24, 2.45) is 0 Å². The van der Waals surface area contributed by atoms with E-state index >= 15 is 0 Å². The minimum Gasteiger partial charge on any atom is -0.217 e. The number of nitrogens with zero attached hydrogens (tertiary/aromatic N) is 3. The van der Waals surface area contributed by atoms with Gasteiger partial charge in [-0.3, -0.25) is 0 Å². The van der Waals surface area contributed by atoms with Gasteiger partial charge in [-0.15, -0.1) is 16.7 Å². The molecule has 0 saturated heterocycles. The van der Waals surface area contributed by atoms with Gasteiger partial charge in [0.15, 0.2) is 11.6 Å². The highest BCUT2D eigenvalue weighted by atomic mass is 35.5. The second-order valence-corrected chi connectivity index (χ2v) is 4.08. The number of benzene rings is 1. The summed E-state index contributed by atoms with van der Waals surface area (Å²) in [5, 5.41) is 6.80. The predicted molar refractivity (Wildman–Crippen MR) is 55.5 cm³/mol. The first-order valence-corrected chi connectivity index (χ1v) is 5.14. The Balaban J connectivity index is 2.52. The number of aromatic nitrogens is 3. The van der Waals surface area contributed by atoms with E-state index in [0.29, 0.717) is 11.8 Å². The van der Waals surface area contributed by atoms with Crippen LogP contribution >= 0.6 is 11.6 Å². The highest BCUT2D eigenvalue weighted by Gasteiger charge is 2.15. The van der Waals surface area contributed by atoms with Crippen LogP contribution in [0.4, 0.5) is 13.2 Å². The minimum atomic E-state index is -1.28. The molecular formula is C10H7ClF3N3. The predicted octanol–water partition coefficient (Wildman–Crippen LogP) is 2.98. The Kier molecular flexibility index (Phi) is 3.06. The Bertz CT molecular complexity index is 554. The summed E-state index contributed by atoms with van der Waals surface area (Å²) in [5.74, 6) is -3.36. The van der Waals surface area contributed by atoms with Gasteiger partial charge in [0.05, 0.1) is 11.6 Å². The number of hydrogen-bond donors (Lipinski definition) is 0. The highest BCUT2D eigenvalue weighted by molar-refractivity contribution is 6.20. The molecule has 0 saturated carbocycles. The van der Waals surface area contributed by atoms with Crippen LogP contribution in [0.25, 0.3) is 5.69 Å². The van der Waals surface area contributed by atoms with E-state index in [0.717, 1.165) is 10.7 Å². The van der Waals surface area contributed by atoms with Gasteiger partial charge < -0.3 is 0 Å². The molecule has 0 spiro atoms. The van der Waals surface area contributed by atoms with Gasteiger partial charge in [0, 0.05) is 12.1 Å². The van der Waals surface area contributed by atoms with Gasteiger partial charge in [0.1, 0.15) is 17.2 Å². The van der Waals surface area contributed by atoms with Crippen molar-refractivity contribution in [3.63, 3.8) is 0 Å². The van der Waals surface area contributed by atoms with Crippen LogP contribution in [-0.2, 0) is 0 Å². The fourth-order valence-electron chi connectivity index (χ4n) is 1.29. The van der Waals surface area contributed by atoms with Crippen LogP contribution in [0.1, 0.15) is 18.0 Å². The van der Waals surface area contributed by atoms with Gasteiger partial charge in [0.25, 0.3) is 0 Å². The van der Waals surface area contributed by atoms with E-state index in [4.69, 9.17) is 11.6 Å². The largest absolute Gasteiger partial charge is 0.217 e. The summed E-state index contributed by atoms with van der Waals surface area (Å²) in [7, 11) is 0. The molecule has 0 aliphatic carbocycles. The molecule has 0 fully saturated rings. The zero-order chi connectivity index (χ0) is 12.6. The minimum absolute atomic E-state index is 0.349. The molecule has 90 valence electrons. The standard InChI is InChI=1S/C10H7ClF3N3/c1-5(11)8-4-17(16-15-8)9-3-6(12)2-7(13)10(9)14/h2-5H,1H3. The molecule has 1 aromatic carbocycles. The van der Waals surface area contributed by atoms with Crippen molar-refractivity contribution in [1.29, 1.82) is 0 Å². The molecule has 1 atom stereocenters. The summed E-state index contributed by atoms with van der Waals surface area (Å²) in [4.78, 5) is 0. The van der Waals surface area contributed by atoms with Crippen LogP contribution in [-0.4, -0.2) is 15.0 Å². The van der Waals surface area contributed by atoms with Crippen LogP contribution in [0, 0.1) is 17.5 Å². The summed E-state index contributed by atoms with van der Waals surface area (Å²) >= 11 is 5.75. The maximum atomic E-state index is 13.4. The molecule has 1 aromatic heterocycles. The van der Waals surface area contributed by atoms with Crippen LogP contribution in [0.2, 0.25) is 0 Å². The molecule has 1 unspecified atom stereocenters. The van der Waals surface area contributed by atoms with Gasteiger partial charge in [-0.05, 0) is 6.92 Å². The Morgan fingerprint density at radius 2 is 2.00 bits per heavy atom. The van der Waals surface area contributed by atoms with Gasteiger partial charge in [-0.1, -0.05) is 5.21 Å². The fraction of sp³-hybridized carbons (Fsp3) is 0.200. The van der Waals surface area contributed by atoms with Crippen molar-refractivity contribution in [3.8, 4) is 5.69 Å². The van der Waals surface area contributed by atoms with Gasteiger partial charge in [-0.25, -0.2) is 17.9 Å². The summed E-state index contributed by atoms with van der Waals surface area (Å²) in [6.07, 6.45) is 1.31. The van der Waals surface area contributed by atoms with E-state index in [-0.39, 0.29) is 5.69 Å². The summed E-state index contributed by atoms with van der Waals surface area (Å²) in [6, 6.07) is 1.29. The molecule has 3 nitrogen and oxygen atoms in total.